The van der Waals surface area contributed by atoms with Gasteiger partial charge in [-0.1, -0.05) is 40.5 Å². The van der Waals surface area contributed by atoms with Crippen LogP contribution in [0.4, 0.5) is 0 Å². The molecule has 0 saturated heterocycles. The van der Waals surface area contributed by atoms with Gasteiger partial charge in [0.25, 0.3) is 0 Å². The van der Waals surface area contributed by atoms with Gasteiger partial charge in [0.05, 0.1) is 0 Å². The molecule has 1 aromatic heterocycles. The van der Waals surface area contributed by atoms with Crippen molar-refractivity contribution in [3.8, 4) is 11.8 Å². The van der Waals surface area contributed by atoms with Gasteiger partial charge in [-0.3, -0.25) is 0 Å². The van der Waals surface area contributed by atoms with Crippen LogP contribution in [-0.2, 0) is 0 Å². The average molecular weight is 212 g/mol. The third-order valence-corrected chi connectivity index (χ3v) is 2.26. The summed E-state index contributed by atoms with van der Waals surface area (Å²) < 4.78 is 5.41. The van der Waals surface area contributed by atoms with Crippen molar-refractivity contribution < 1.29 is 4.74 Å². The van der Waals surface area contributed by atoms with Crippen molar-refractivity contribution in [1.82, 2.24) is 20.6 Å². The molecular formula is C11H8N4O. The summed E-state index contributed by atoms with van der Waals surface area (Å²) in [4.78, 5) is 0. The van der Waals surface area contributed by atoms with Crippen LogP contribution in [0, 0.1) is 0 Å². The van der Waals surface area contributed by atoms with Crippen LogP contribution in [0.25, 0.3) is 10.8 Å². The van der Waals surface area contributed by atoms with E-state index in [1.54, 1.807) is 0 Å². The Morgan fingerprint density at radius 1 is 1.00 bits per heavy atom. The zero-order valence-electron chi connectivity index (χ0n) is 8.29. The summed E-state index contributed by atoms with van der Waals surface area (Å²) in [7, 11) is 0. The summed E-state index contributed by atoms with van der Waals surface area (Å²) in [5.41, 5.74) is 0. The molecule has 3 aromatic rings. The minimum absolute atomic E-state index is 0.218. The molecule has 0 saturated carbocycles. The van der Waals surface area contributed by atoms with Gasteiger partial charge in [-0.15, -0.1) is 0 Å². The second-order valence-electron chi connectivity index (χ2n) is 3.31. The van der Waals surface area contributed by atoms with E-state index in [-0.39, 0.29) is 6.01 Å². The van der Waals surface area contributed by atoms with E-state index >= 15 is 0 Å². The van der Waals surface area contributed by atoms with Gasteiger partial charge < -0.3 is 4.74 Å². The molecule has 0 radical (unpaired) electrons. The highest BCUT2D eigenvalue weighted by molar-refractivity contribution is 5.83. The third-order valence-electron chi connectivity index (χ3n) is 2.26. The predicted octanol–water partition coefficient (Wildman–Crippen LogP) is 2.15. The van der Waals surface area contributed by atoms with Crippen LogP contribution >= 0.6 is 0 Å². The first-order valence-corrected chi connectivity index (χ1v) is 4.82. The lowest BCUT2D eigenvalue weighted by Gasteiger charge is -2.02. The average Bonchev–Trinajstić information content (AvgIpc) is 2.82. The number of benzene rings is 2. The Morgan fingerprint density at radius 3 is 2.69 bits per heavy atom. The molecule has 1 N–H and O–H groups in total. The molecule has 0 bridgehead atoms. The summed E-state index contributed by atoms with van der Waals surface area (Å²) in [6.07, 6.45) is 0. The van der Waals surface area contributed by atoms with Crippen LogP contribution in [0.2, 0.25) is 0 Å². The second-order valence-corrected chi connectivity index (χ2v) is 3.31. The number of aromatic amines is 1. The van der Waals surface area contributed by atoms with Crippen LogP contribution < -0.4 is 4.74 Å². The van der Waals surface area contributed by atoms with E-state index in [0.29, 0.717) is 5.75 Å². The number of tetrazole rings is 1. The fourth-order valence-corrected chi connectivity index (χ4v) is 1.53. The molecule has 5 nitrogen and oxygen atoms in total. The van der Waals surface area contributed by atoms with Gasteiger partial charge in [-0.05, 0) is 28.1 Å². The van der Waals surface area contributed by atoms with Crippen LogP contribution in [0.1, 0.15) is 0 Å². The van der Waals surface area contributed by atoms with Crippen molar-refractivity contribution in [2.45, 2.75) is 0 Å². The molecule has 0 amide bonds. The van der Waals surface area contributed by atoms with Gasteiger partial charge in [0.15, 0.2) is 0 Å². The number of H-pyrrole nitrogens is 1. The van der Waals surface area contributed by atoms with E-state index in [1.807, 2.05) is 42.5 Å². The molecule has 0 fully saturated rings. The Labute approximate surface area is 91.1 Å². The summed E-state index contributed by atoms with van der Waals surface area (Å²) in [6.45, 7) is 0. The Kier molecular flexibility index (Phi) is 2.00. The lowest BCUT2D eigenvalue weighted by atomic mass is 10.1. The van der Waals surface area contributed by atoms with Crippen molar-refractivity contribution in [3.63, 3.8) is 0 Å². The molecule has 0 atom stereocenters. The molecule has 0 unspecified atom stereocenters. The quantitative estimate of drug-likeness (QED) is 0.706. The van der Waals surface area contributed by atoms with Crippen molar-refractivity contribution in [1.29, 1.82) is 0 Å². The van der Waals surface area contributed by atoms with Gasteiger partial charge in [0, 0.05) is 0 Å². The highest BCUT2D eigenvalue weighted by Gasteiger charge is 2.01. The predicted molar refractivity (Wildman–Crippen MR) is 58.2 cm³/mol. The van der Waals surface area contributed by atoms with E-state index in [0.717, 1.165) is 5.39 Å². The van der Waals surface area contributed by atoms with Crippen molar-refractivity contribution in [3.05, 3.63) is 42.5 Å². The first-order valence-electron chi connectivity index (χ1n) is 4.82. The minimum atomic E-state index is 0.218. The van der Waals surface area contributed by atoms with Crippen LogP contribution in [0.15, 0.2) is 42.5 Å². The van der Waals surface area contributed by atoms with Gasteiger partial charge in [0.2, 0.25) is 0 Å². The Morgan fingerprint density at radius 2 is 1.88 bits per heavy atom. The number of hydrogen-bond acceptors (Lipinski definition) is 4. The van der Waals surface area contributed by atoms with Crippen LogP contribution in [-0.4, -0.2) is 20.6 Å². The number of aromatic nitrogens is 4. The molecule has 0 spiro atoms. The van der Waals surface area contributed by atoms with Gasteiger partial charge in [-0.25, -0.2) is 0 Å². The molecule has 0 aliphatic carbocycles. The van der Waals surface area contributed by atoms with E-state index in [4.69, 9.17) is 4.74 Å². The minimum Gasteiger partial charge on any atom is -0.422 e. The molecule has 2 aromatic carbocycles. The number of rotatable bonds is 2. The summed E-state index contributed by atoms with van der Waals surface area (Å²) in [5, 5.41) is 15.5. The number of hydrogen-bond donors (Lipinski definition) is 1. The van der Waals surface area contributed by atoms with E-state index in [9.17, 15) is 0 Å². The van der Waals surface area contributed by atoms with Crippen LogP contribution in [0.5, 0.6) is 11.8 Å². The third kappa shape index (κ3) is 1.58. The lowest BCUT2D eigenvalue weighted by molar-refractivity contribution is 0.443. The standard InChI is InChI=1S/C11H8N4O/c1-2-4-9-7-10(6-5-8(9)3-1)16-11-12-14-15-13-11/h1-7H,(H,12,13,14,15). The highest BCUT2D eigenvalue weighted by atomic mass is 16.5. The van der Waals surface area contributed by atoms with Gasteiger partial charge >= 0.3 is 6.01 Å². The lowest BCUT2D eigenvalue weighted by Crippen LogP contribution is -1.86. The smallest absolute Gasteiger partial charge is 0.361 e. The van der Waals surface area contributed by atoms with Crippen molar-refractivity contribution in [2.24, 2.45) is 0 Å². The summed E-state index contributed by atoms with van der Waals surface area (Å²) in [6, 6.07) is 14.1. The maximum atomic E-state index is 5.41. The van der Waals surface area contributed by atoms with Crippen molar-refractivity contribution in [2.75, 3.05) is 0 Å². The zero-order chi connectivity index (χ0) is 10.8. The van der Waals surface area contributed by atoms with E-state index in [1.165, 1.54) is 5.39 Å². The molecule has 78 valence electrons. The Bertz CT molecular complexity index is 606. The first kappa shape index (κ1) is 8.84. The SMILES string of the molecule is c1ccc2cc(Oc3nn[nH]n3)ccc2c1. The largest absolute Gasteiger partial charge is 0.422 e. The molecule has 0 aliphatic heterocycles. The summed E-state index contributed by atoms with van der Waals surface area (Å²) >= 11 is 0. The van der Waals surface area contributed by atoms with Crippen LogP contribution in [0.3, 0.4) is 0 Å². The Balaban J connectivity index is 1.99. The maximum Gasteiger partial charge on any atom is 0.361 e. The topological polar surface area (TPSA) is 63.7 Å². The molecule has 3 rings (SSSR count). The highest BCUT2D eigenvalue weighted by Crippen LogP contribution is 2.22. The molecule has 1 heterocycles. The first-order chi connectivity index (χ1) is 7.92. The number of ether oxygens (including phenoxy) is 1. The van der Waals surface area contributed by atoms with E-state index < -0.39 is 0 Å². The fourth-order valence-electron chi connectivity index (χ4n) is 1.53. The van der Waals surface area contributed by atoms with Crippen molar-refractivity contribution >= 4 is 10.8 Å². The fraction of sp³-hybridized carbons (Fsp3) is 0. The van der Waals surface area contributed by atoms with Gasteiger partial charge in [-0.2, -0.15) is 5.21 Å². The molecule has 16 heavy (non-hydrogen) atoms. The normalized spacial score (nSPS) is 10.5. The molecular weight excluding hydrogens is 204 g/mol. The number of nitrogens with zero attached hydrogens (tertiary/aromatic N) is 3. The zero-order valence-corrected chi connectivity index (χ0v) is 8.29. The summed E-state index contributed by atoms with van der Waals surface area (Å²) in [5.74, 6) is 0.695. The van der Waals surface area contributed by atoms with Gasteiger partial charge in [0.1, 0.15) is 5.75 Å². The maximum absolute atomic E-state index is 5.41. The van der Waals surface area contributed by atoms with E-state index in [2.05, 4.69) is 20.6 Å². The monoisotopic (exact) mass is 212 g/mol. The Hall–Kier alpha value is -2.43. The molecule has 5 heteroatoms. The molecule has 0 aliphatic rings. The second kappa shape index (κ2) is 3.62. The number of nitrogens with one attached hydrogen (secondary N) is 1. The number of fused-ring (bicyclic) bond motifs is 1.